The molecule has 0 aromatic heterocycles. The Hall–Kier alpha value is -2.29. The second-order valence-corrected chi connectivity index (χ2v) is 6.10. The van der Waals surface area contributed by atoms with Crippen molar-refractivity contribution in [3.8, 4) is 5.75 Å². The van der Waals surface area contributed by atoms with E-state index < -0.39 is 0 Å². The zero-order chi connectivity index (χ0) is 15.7. The predicted octanol–water partition coefficient (Wildman–Crippen LogP) is 4.06. The van der Waals surface area contributed by atoms with Gasteiger partial charge in [-0.2, -0.15) is 0 Å². The van der Waals surface area contributed by atoms with Crippen molar-refractivity contribution in [2.45, 2.75) is 39.2 Å². The van der Waals surface area contributed by atoms with E-state index in [0.29, 0.717) is 6.42 Å². The Morgan fingerprint density at radius 1 is 1.14 bits per heavy atom. The first-order valence-corrected chi connectivity index (χ1v) is 7.70. The van der Waals surface area contributed by atoms with Crippen LogP contribution in [0.25, 0.3) is 0 Å². The highest BCUT2D eigenvalue weighted by molar-refractivity contribution is 6.03. The molecule has 3 nitrogen and oxygen atoms in total. The number of ether oxygens (including phenoxy) is 1. The second kappa shape index (κ2) is 5.84. The quantitative estimate of drug-likeness (QED) is 0.923. The zero-order valence-corrected chi connectivity index (χ0v) is 13.2. The molecule has 1 heterocycles. The van der Waals surface area contributed by atoms with Gasteiger partial charge in [-0.25, -0.2) is 0 Å². The Labute approximate surface area is 131 Å². The number of carbonyl (C=O) groups excluding carboxylic acids is 1. The van der Waals surface area contributed by atoms with E-state index in [0.717, 1.165) is 28.1 Å². The summed E-state index contributed by atoms with van der Waals surface area (Å²) in [5.74, 6) is 0.851. The Bertz CT molecular complexity index is 689. The van der Waals surface area contributed by atoms with Gasteiger partial charge < -0.3 is 10.1 Å². The topological polar surface area (TPSA) is 38.3 Å². The highest BCUT2D eigenvalue weighted by atomic mass is 16.5. The summed E-state index contributed by atoms with van der Waals surface area (Å²) in [6.07, 6.45) is 0.880. The van der Waals surface area contributed by atoms with Gasteiger partial charge in [0.25, 0.3) is 0 Å². The lowest BCUT2D eigenvalue weighted by atomic mass is 9.92. The minimum atomic E-state index is -0.105. The smallest absolute Gasteiger partial charge is 0.232 e. The number of amides is 1. The first kappa shape index (κ1) is 14.6. The van der Waals surface area contributed by atoms with Gasteiger partial charge in [-0.15, -0.1) is 0 Å². The standard InChI is InChI=1S/C19H21NO2/c1-12(2)22-15-9-7-14(8-10-15)11-17-16-6-4-5-13(3)18(16)20-19(17)21/h4-10,12,17H,11H2,1-3H3,(H,20,21)/t17-/m1/s1. The molecule has 0 unspecified atom stereocenters. The molecule has 0 saturated carbocycles. The lowest BCUT2D eigenvalue weighted by Gasteiger charge is -2.12. The van der Waals surface area contributed by atoms with Gasteiger partial charge >= 0.3 is 0 Å². The zero-order valence-electron chi connectivity index (χ0n) is 13.2. The van der Waals surface area contributed by atoms with Gasteiger partial charge in [-0.3, -0.25) is 4.79 Å². The van der Waals surface area contributed by atoms with Crippen molar-refractivity contribution in [2.75, 3.05) is 5.32 Å². The van der Waals surface area contributed by atoms with E-state index in [1.54, 1.807) is 0 Å². The molecule has 114 valence electrons. The third-order valence-electron chi connectivity index (χ3n) is 3.98. The van der Waals surface area contributed by atoms with Crippen molar-refractivity contribution in [2.24, 2.45) is 0 Å². The van der Waals surface area contributed by atoms with E-state index in [2.05, 4.69) is 5.32 Å². The van der Waals surface area contributed by atoms with Gasteiger partial charge in [0.1, 0.15) is 5.75 Å². The molecule has 22 heavy (non-hydrogen) atoms. The van der Waals surface area contributed by atoms with Gasteiger partial charge in [0.05, 0.1) is 12.0 Å². The lowest BCUT2D eigenvalue weighted by molar-refractivity contribution is -0.117. The van der Waals surface area contributed by atoms with E-state index >= 15 is 0 Å². The number of carbonyl (C=O) groups is 1. The maximum absolute atomic E-state index is 12.3. The second-order valence-electron chi connectivity index (χ2n) is 6.10. The van der Waals surface area contributed by atoms with Crippen LogP contribution in [0.3, 0.4) is 0 Å². The maximum Gasteiger partial charge on any atom is 0.232 e. The SMILES string of the molecule is Cc1cccc2c1NC(=O)[C@@H]2Cc1ccc(OC(C)C)cc1. The van der Waals surface area contributed by atoms with Crippen LogP contribution in [0.4, 0.5) is 5.69 Å². The van der Waals surface area contributed by atoms with Crippen molar-refractivity contribution < 1.29 is 9.53 Å². The molecule has 0 spiro atoms. The molecule has 1 amide bonds. The van der Waals surface area contributed by atoms with E-state index in [1.807, 2.05) is 63.2 Å². The Balaban J connectivity index is 1.79. The van der Waals surface area contributed by atoms with Crippen molar-refractivity contribution in [1.82, 2.24) is 0 Å². The fourth-order valence-corrected chi connectivity index (χ4v) is 2.92. The highest BCUT2D eigenvalue weighted by Crippen LogP contribution is 2.36. The minimum Gasteiger partial charge on any atom is -0.491 e. The van der Waals surface area contributed by atoms with Gasteiger partial charge in [0.2, 0.25) is 5.91 Å². The molecule has 1 aliphatic heterocycles. The minimum absolute atomic E-state index is 0.0896. The highest BCUT2D eigenvalue weighted by Gasteiger charge is 2.31. The predicted molar refractivity (Wildman–Crippen MR) is 88.5 cm³/mol. The molecule has 3 rings (SSSR count). The first-order chi connectivity index (χ1) is 10.5. The molecule has 0 saturated heterocycles. The van der Waals surface area contributed by atoms with Crippen LogP contribution in [0, 0.1) is 6.92 Å². The molecule has 2 aromatic carbocycles. The fraction of sp³-hybridized carbons (Fsp3) is 0.316. The van der Waals surface area contributed by atoms with Gasteiger partial charge in [-0.1, -0.05) is 30.3 Å². The number of hydrogen-bond acceptors (Lipinski definition) is 2. The fourth-order valence-electron chi connectivity index (χ4n) is 2.92. The molecule has 0 aliphatic carbocycles. The molecule has 0 radical (unpaired) electrons. The normalized spacial score (nSPS) is 16.5. The summed E-state index contributed by atoms with van der Waals surface area (Å²) in [6, 6.07) is 14.1. The number of nitrogens with one attached hydrogen (secondary N) is 1. The van der Waals surface area contributed by atoms with Crippen LogP contribution in [0.2, 0.25) is 0 Å². The van der Waals surface area contributed by atoms with Gasteiger partial charge in [0, 0.05) is 5.69 Å². The maximum atomic E-state index is 12.3. The van der Waals surface area contributed by atoms with E-state index in [1.165, 1.54) is 0 Å². The number of hydrogen-bond donors (Lipinski definition) is 1. The van der Waals surface area contributed by atoms with Gasteiger partial charge in [-0.05, 0) is 56.0 Å². The lowest BCUT2D eigenvalue weighted by Crippen LogP contribution is -2.14. The number of aryl methyl sites for hydroxylation is 1. The van der Waals surface area contributed by atoms with Crippen LogP contribution in [-0.2, 0) is 11.2 Å². The number of rotatable bonds is 4. The van der Waals surface area contributed by atoms with E-state index in [-0.39, 0.29) is 17.9 Å². The molecule has 0 fully saturated rings. The molecular weight excluding hydrogens is 274 g/mol. The van der Waals surface area contributed by atoms with Crippen LogP contribution in [0.5, 0.6) is 5.75 Å². The molecule has 2 aromatic rings. The van der Waals surface area contributed by atoms with Crippen molar-refractivity contribution in [1.29, 1.82) is 0 Å². The molecule has 1 atom stereocenters. The number of fused-ring (bicyclic) bond motifs is 1. The molecule has 1 aliphatic rings. The van der Waals surface area contributed by atoms with Crippen LogP contribution in [0.1, 0.15) is 36.5 Å². The van der Waals surface area contributed by atoms with E-state index in [9.17, 15) is 4.79 Å². The summed E-state index contributed by atoms with van der Waals surface area (Å²) >= 11 is 0. The average Bonchev–Trinajstić information content (AvgIpc) is 2.79. The summed E-state index contributed by atoms with van der Waals surface area (Å²) in [5, 5.41) is 3.01. The van der Waals surface area contributed by atoms with Crippen molar-refractivity contribution in [3.05, 3.63) is 59.2 Å². The van der Waals surface area contributed by atoms with Crippen molar-refractivity contribution >= 4 is 11.6 Å². The summed E-state index contributed by atoms with van der Waals surface area (Å²) in [7, 11) is 0. The monoisotopic (exact) mass is 295 g/mol. The largest absolute Gasteiger partial charge is 0.491 e. The summed E-state index contributed by atoms with van der Waals surface area (Å²) in [6.45, 7) is 6.05. The Morgan fingerprint density at radius 2 is 1.86 bits per heavy atom. The summed E-state index contributed by atoms with van der Waals surface area (Å²) in [5.41, 5.74) is 4.35. The molecule has 1 N–H and O–H groups in total. The molecule has 0 bridgehead atoms. The van der Waals surface area contributed by atoms with E-state index in [4.69, 9.17) is 4.74 Å². The average molecular weight is 295 g/mol. The Morgan fingerprint density at radius 3 is 2.55 bits per heavy atom. The number of benzene rings is 2. The first-order valence-electron chi connectivity index (χ1n) is 7.70. The molecular formula is C19H21NO2. The van der Waals surface area contributed by atoms with Crippen LogP contribution in [0.15, 0.2) is 42.5 Å². The third kappa shape index (κ3) is 2.84. The third-order valence-corrected chi connectivity index (χ3v) is 3.98. The molecule has 3 heteroatoms. The van der Waals surface area contributed by atoms with Crippen LogP contribution >= 0.6 is 0 Å². The van der Waals surface area contributed by atoms with Crippen molar-refractivity contribution in [3.63, 3.8) is 0 Å². The van der Waals surface area contributed by atoms with Crippen LogP contribution < -0.4 is 10.1 Å². The summed E-state index contributed by atoms with van der Waals surface area (Å²) < 4.78 is 5.65. The number of anilines is 1. The Kier molecular flexibility index (Phi) is 3.88. The van der Waals surface area contributed by atoms with Crippen LogP contribution in [-0.4, -0.2) is 12.0 Å². The number of para-hydroxylation sites is 1. The van der Waals surface area contributed by atoms with Gasteiger partial charge in [0.15, 0.2) is 0 Å². The summed E-state index contributed by atoms with van der Waals surface area (Å²) in [4.78, 5) is 12.3.